The van der Waals surface area contributed by atoms with Crippen LogP contribution >= 0.6 is 0 Å². The van der Waals surface area contributed by atoms with Gasteiger partial charge in [-0.2, -0.15) is 0 Å². The van der Waals surface area contributed by atoms with Gasteiger partial charge < -0.3 is 4.74 Å². The van der Waals surface area contributed by atoms with E-state index in [2.05, 4.69) is 0 Å². The van der Waals surface area contributed by atoms with Crippen molar-refractivity contribution >= 4 is 11.4 Å². The number of non-ortho nitro benzene ring substituents is 2. The molecule has 0 aliphatic heterocycles. The first-order valence-electron chi connectivity index (χ1n) is 5.65. The smallest absolute Gasteiger partial charge is 0.280 e. The number of benzene rings is 2. The van der Waals surface area contributed by atoms with Crippen LogP contribution in [0.2, 0.25) is 0 Å². The molecule has 0 N–H and O–H groups in total. The van der Waals surface area contributed by atoms with Crippen LogP contribution in [0.3, 0.4) is 0 Å². The number of para-hydroxylation sites is 1. The first-order valence-corrected chi connectivity index (χ1v) is 5.65. The molecule has 0 saturated carbocycles. The molecule has 7 heteroatoms. The van der Waals surface area contributed by atoms with Gasteiger partial charge in [0.05, 0.1) is 28.0 Å². The number of nitro benzene ring substituents is 2. The zero-order valence-electron chi connectivity index (χ0n) is 10.5. The predicted octanol–water partition coefficient (Wildman–Crippen LogP) is 3.60. The number of nitro groups is 2. The van der Waals surface area contributed by atoms with E-state index in [1.807, 2.05) is 6.07 Å². The summed E-state index contributed by atoms with van der Waals surface area (Å²) in [6.07, 6.45) is 0. The predicted molar refractivity (Wildman–Crippen MR) is 71.0 cm³/mol. The van der Waals surface area contributed by atoms with Crippen molar-refractivity contribution in [1.29, 1.82) is 0 Å². The molecule has 0 atom stereocenters. The highest BCUT2D eigenvalue weighted by atomic mass is 16.6. The van der Waals surface area contributed by atoms with Crippen LogP contribution < -0.4 is 4.74 Å². The van der Waals surface area contributed by atoms with Gasteiger partial charge in [-0.05, 0) is 18.6 Å². The molecule has 0 aliphatic rings. The van der Waals surface area contributed by atoms with E-state index in [1.165, 1.54) is 0 Å². The van der Waals surface area contributed by atoms with Crippen LogP contribution in [0.5, 0.6) is 11.5 Å². The van der Waals surface area contributed by atoms with Crippen molar-refractivity contribution in [3.8, 4) is 11.5 Å². The molecular weight excluding hydrogens is 264 g/mol. The second-order valence-corrected chi connectivity index (χ2v) is 4.07. The quantitative estimate of drug-likeness (QED) is 0.626. The first kappa shape index (κ1) is 13.5. The molecular formula is C13H10N2O5. The van der Waals surface area contributed by atoms with Gasteiger partial charge in [-0.1, -0.05) is 18.2 Å². The van der Waals surface area contributed by atoms with Gasteiger partial charge in [-0.25, -0.2) is 0 Å². The highest BCUT2D eigenvalue weighted by Crippen LogP contribution is 2.31. The Labute approximate surface area is 113 Å². The van der Waals surface area contributed by atoms with E-state index in [0.717, 1.165) is 23.8 Å². The third-order valence-electron chi connectivity index (χ3n) is 2.62. The molecule has 0 amide bonds. The van der Waals surface area contributed by atoms with E-state index >= 15 is 0 Å². The van der Waals surface area contributed by atoms with E-state index in [1.54, 1.807) is 25.1 Å². The van der Waals surface area contributed by atoms with Crippen LogP contribution in [0.1, 0.15) is 5.56 Å². The Kier molecular flexibility index (Phi) is 3.60. The largest absolute Gasteiger partial charge is 0.457 e. The number of rotatable bonds is 4. The summed E-state index contributed by atoms with van der Waals surface area (Å²) in [6, 6.07) is 10.2. The Morgan fingerprint density at radius 1 is 0.950 bits per heavy atom. The lowest BCUT2D eigenvalue weighted by Crippen LogP contribution is -1.95. The van der Waals surface area contributed by atoms with Crippen LogP contribution in [-0.2, 0) is 0 Å². The van der Waals surface area contributed by atoms with E-state index in [-0.39, 0.29) is 17.1 Å². The van der Waals surface area contributed by atoms with Crippen molar-refractivity contribution in [1.82, 2.24) is 0 Å². The zero-order chi connectivity index (χ0) is 14.7. The van der Waals surface area contributed by atoms with Gasteiger partial charge in [0.25, 0.3) is 11.4 Å². The summed E-state index contributed by atoms with van der Waals surface area (Å²) in [5.74, 6) is 0.544. The lowest BCUT2D eigenvalue weighted by Gasteiger charge is -2.08. The molecule has 0 unspecified atom stereocenters. The maximum atomic E-state index is 10.8. The topological polar surface area (TPSA) is 95.5 Å². The minimum Gasteiger partial charge on any atom is -0.457 e. The van der Waals surface area contributed by atoms with Gasteiger partial charge >= 0.3 is 0 Å². The molecule has 0 spiro atoms. The van der Waals surface area contributed by atoms with Gasteiger partial charge in [0.1, 0.15) is 11.5 Å². The summed E-state index contributed by atoms with van der Waals surface area (Å²) in [7, 11) is 0. The van der Waals surface area contributed by atoms with Crippen LogP contribution in [0.4, 0.5) is 11.4 Å². The molecule has 0 heterocycles. The highest BCUT2D eigenvalue weighted by Gasteiger charge is 2.17. The second kappa shape index (κ2) is 5.35. The Balaban J connectivity index is 2.43. The normalized spacial score (nSPS) is 10.1. The maximum Gasteiger partial charge on any atom is 0.280 e. The molecule has 0 radical (unpaired) electrons. The Bertz CT molecular complexity index is 652. The van der Waals surface area contributed by atoms with Gasteiger partial charge in [0.2, 0.25) is 0 Å². The fraction of sp³-hybridized carbons (Fsp3) is 0.0769. The fourth-order valence-corrected chi connectivity index (χ4v) is 1.64. The average Bonchev–Trinajstić information content (AvgIpc) is 2.41. The summed E-state index contributed by atoms with van der Waals surface area (Å²) in [6.45, 7) is 1.81. The first-order chi connectivity index (χ1) is 9.47. The Morgan fingerprint density at radius 2 is 1.50 bits per heavy atom. The van der Waals surface area contributed by atoms with E-state index in [9.17, 15) is 20.2 Å². The third kappa shape index (κ3) is 2.89. The third-order valence-corrected chi connectivity index (χ3v) is 2.62. The van der Waals surface area contributed by atoms with Crippen molar-refractivity contribution in [2.75, 3.05) is 0 Å². The lowest BCUT2D eigenvalue weighted by atomic mass is 10.2. The standard InChI is InChI=1S/C13H10N2O5/c1-9-4-2-3-5-13(9)20-12-7-10(14(16)17)6-11(8-12)15(18)19/h2-8H,1H3. The Hall–Kier alpha value is -2.96. The number of hydrogen-bond acceptors (Lipinski definition) is 5. The summed E-state index contributed by atoms with van der Waals surface area (Å²) < 4.78 is 5.48. The average molecular weight is 274 g/mol. The van der Waals surface area contributed by atoms with Crippen LogP contribution in [0.25, 0.3) is 0 Å². The van der Waals surface area contributed by atoms with Crippen molar-refractivity contribution in [2.24, 2.45) is 0 Å². The summed E-state index contributed by atoms with van der Waals surface area (Å²) in [5.41, 5.74) is 0.0484. The molecule has 7 nitrogen and oxygen atoms in total. The van der Waals surface area contributed by atoms with Crippen LogP contribution in [-0.4, -0.2) is 9.85 Å². The molecule has 102 valence electrons. The molecule has 2 aromatic rings. The summed E-state index contributed by atoms with van der Waals surface area (Å²) in [5, 5.41) is 21.5. The van der Waals surface area contributed by atoms with Crippen LogP contribution in [0.15, 0.2) is 42.5 Å². The van der Waals surface area contributed by atoms with Crippen molar-refractivity contribution in [3.05, 3.63) is 68.3 Å². The summed E-state index contributed by atoms with van der Waals surface area (Å²) in [4.78, 5) is 20.2. The van der Waals surface area contributed by atoms with Crippen LogP contribution in [0, 0.1) is 27.2 Å². The van der Waals surface area contributed by atoms with Crippen molar-refractivity contribution < 1.29 is 14.6 Å². The van der Waals surface area contributed by atoms with Crippen molar-refractivity contribution in [2.45, 2.75) is 6.92 Å². The molecule has 0 aromatic heterocycles. The molecule has 0 aliphatic carbocycles. The molecule has 2 rings (SSSR count). The second-order valence-electron chi connectivity index (χ2n) is 4.07. The molecule has 20 heavy (non-hydrogen) atoms. The fourth-order valence-electron chi connectivity index (χ4n) is 1.64. The van der Waals surface area contributed by atoms with E-state index in [0.29, 0.717) is 5.75 Å². The molecule has 0 bridgehead atoms. The number of hydrogen-bond donors (Lipinski definition) is 0. The van der Waals surface area contributed by atoms with Gasteiger partial charge in [-0.15, -0.1) is 0 Å². The summed E-state index contributed by atoms with van der Waals surface area (Å²) >= 11 is 0. The molecule has 0 fully saturated rings. The maximum absolute atomic E-state index is 10.8. The minimum atomic E-state index is -0.697. The zero-order valence-corrected chi connectivity index (χ0v) is 10.5. The Morgan fingerprint density at radius 3 is 2.00 bits per heavy atom. The highest BCUT2D eigenvalue weighted by molar-refractivity contribution is 5.51. The van der Waals surface area contributed by atoms with Gasteiger partial charge in [0, 0.05) is 0 Å². The van der Waals surface area contributed by atoms with E-state index in [4.69, 9.17) is 4.74 Å². The van der Waals surface area contributed by atoms with Crippen molar-refractivity contribution in [3.63, 3.8) is 0 Å². The number of aryl methyl sites for hydroxylation is 1. The van der Waals surface area contributed by atoms with Gasteiger partial charge in [-0.3, -0.25) is 20.2 Å². The number of ether oxygens (including phenoxy) is 1. The minimum absolute atomic E-state index is 0.0557. The molecule has 2 aromatic carbocycles. The molecule has 0 saturated heterocycles. The number of nitrogens with zero attached hydrogens (tertiary/aromatic N) is 2. The lowest BCUT2D eigenvalue weighted by molar-refractivity contribution is -0.394. The van der Waals surface area contributed by atoms with E-state index < -0.39 is 9.85 Å². The van der Waals surface area contributed by atoms with Gasteiger partial charge in [0.15, 0.2) is 0 Å². The SMILES string of the molecule is Cc1ccccc1Oc1cc([N+](=O)[O-])cc([N+](=O)[O-])c1. The monoisotopic (exact) mass is 274 g/mol.